The molecule has 7 heteroatoms. The summed E-state index contributed by atoms with van der Waals surface area (Å²) in [5, 5.41) is 6.50. The highest BCUT2D eigenvalue weighted by molar-refractivity contribution is 5.79. The first-order valence-corrected chi connectivity index (χ1v) is 8.77. The van der Waals surface area contributed by atoms with Gasteiger partial charge in [0.05, 0.1) is 19.8 Å². The molecule has 1 heterocycles. The summed E-state index contributed by atoms with van der Waals surface area (Å²) >= 11 is 0. The number of rotatable bonds is 9. The Balaban J connectivity index is 1.78. The maximum Gasteiger partial charge on any atom is 0.191 e. The molecule has 0 atom stereocenters. The van der Waals surface area contributed by atoms with Gasteiger partial charge in [-0.25, -0.2) is 0 Å². The molecule has 2 N–H and O–H groups in total. The van der Waals surface area contributed by atoms with Crippen LogP contribution in [0.5, 0.6) is 5.75 Å². The Bertz CT molecular complexity index is 519. The quantitative estimate of drug-likeness (QED) is 0.388. The molecule has 1 aliphatic rings. The fourth-order valence-corrected chi connectivity index (χ4v) is 2.57. The Labute approximate surface area is 150 Å². The van der Waals surface area contributed by atoms with E-state index < -0.39 is 0 Å². The van der Waals surface area contributed by atoms with Crippen LogP contribution in [0.3, 0.4) is 0 Å². The zero-order valence-electron chi connectivity index (χ0n) is 15.3. The van der Waals surface area contributed by atoms with Crippen LogP contribution < -0.4 is 15.4 Å². The smallest absolute Gasteiger partial charge is 0.191 e. The van der Waals surface area contributed by atoms with Crippen molar-refractivity contribution in [1.82, 2.24) is 15.5 Å². The summed E-state index contributed by atoms with van der Waals surface area (Å²) in [6.45, 7) is 7.21. The number of hydrogen-bond acceptors (Lipinski definition) is 5. The monoisotopic (exact) mass is 350 g/mol. The highest BCUT2D eigenvalue weighted by Gasteiger charge is 2.10. The van der Waals surface area contributed by atoms with Gasteiger partial charge in [-0.3, -0.25) is 9.89 Å². The van der Waals surface area contributed by atoms with Gasteiger partial charge in [0.1, 0.15) is 12.4 Å². The van der Waals surface area contributed by atoms with E-state index in [-0.39, 0.29) is 0 Å². The van der Waals surface area contributed by atoms with Gasteiger partial charge in [0.2, 0.25) is 0 Å². The molecular weight excluding hydrogens is 320 g/mol. The van der Waals surface area contributed by atoms with Crippen LogP contribution in [0.4, 0.5) is 0 Å². The number of nitrogens with zero attached hydrogens (tertiary/aromatic N) is 2. The molecule has 1 aliphatic heterocycles. The number of hydrogen-bond donors (Lipinski definition) is 2. The first-order chi connectivity index (χ1) is 12.3. The third kappa shape index (κ3) is 7.29. The van der Waals surface area contributed by atoms with Crippen LogP contribution in [0.15, 0.2) is 29.3 Å². The van der Waals surface area contributed by atoms with E-state index in [0.29, 0.717) is 26.3 Å². The summed E-state index contributed by atoms with van der Waals surface area (Å²) in [5.74, 6) is 1.66. The second-order valence-corrected chi connectivity index (χ2v) is 5.76. The van der Waals surface area contributed by atoms with Crippen molar-refractivity contribution < 1.29 is 14.2 Å². The first-order valence-electron chi connectivity index (χ1n) is 8.77. The zero-order chi connectivity index (χ0) is 17.7. The van der Waals surface area contributed by atoms with Crippen LogP contribution in [-0.2, 0) is 16.0 Å². The molecule has 0 spiro atoms. The Morgan fingerprint density at radius 2 is 2.00 bits per heavy atom. The maximum atomic E-state index is 6.00. The molecule has 1 aromatic rings. The molecule has 0 radical (unpaired) electrons. The summed E-state index contributed by atoms with van der Waals surface area (Å²) in [4.78, 5) is 6.57. The lowest BCUT2D eigenvalue weighted by Crippen LogP contribution is -2.39. The van der Waals surface area contributed by atoms with E-state index in [1.165, 1.54) is 0 Å². The van der Waals surface area contributed by atoms with Crippen molar-refractivity contribution in [2.24, 2.45) is 4.99 Å². The Kier molecular flexibility index (Phi) is 9.11. The van der Waals surface area contributed by atoms with E-state index in [9.17, 15) is 0 Å². The van der Waals surface area contributed by atoms with Gasteiger partial charge in [-0.1, -0.05) is 18.2 Å². The number of methoxy groups -OCH3 is 1. The first kappa shape index (κ1) is 19.5. The molecule has 7 nitrogen and oxygen atoms in total. The second-order valence-electron chi connectivity index (χ2n) is 5.76. The molecule has 1 aromatic carbocycles. The Morgan fingerprint density at radius 3 is 2.76 bits per heavy atom. The average molecular weight is 350 g/mol. The fourth-order valence-electron chi connectivity index (χ4n) is 2.57. The summed E-state index contributed by atoms with van der Waals surface area (Å²) in [6.07, 6.45) is 0. The Hall–Kier alpha value is -1.83. The van der Waals surface area contributed by atoms with Crippen molar-refractivity contribution in [3.05, 3.63) is 29.8 Å². The van der Waals surface area contributed by atoms with E-state index in [0.717, 1.165) is 50.1 Å². The minimum Gasteiger partial charge on any atom is -0.492 e. The third-order valence-corrected chi connectivity index (χ3v) is 4.01. The number of para-hydroxylation sites is 1. The normalized spacial score (nSPS) is 15.8. The van der Waals surface area contributed by atoms with Crippen molar-refractivity contribution in [1.29, 1.82) is 0 Å². The van der Waals surface area contributed by atoms with E-state index in [1.807, 2.05) is 18.2 Å². The molecule has 25 heavy (non-hydrogen) atoms. The summed E-state index contributed by atoms with van der Waals surface area (Å²) in [6, 6.07) is 8.10. The molecule has 0 bridgehead atoms. The number of guanidine groups is 1. The van der Waals surface area contributed by atoms with Gasteiger partial charge >= 0.3 is 0 Å². The Morgan fingerprint density at radius 1 is 1.20 bits per heavy atom. The van der Waals surface area contributed by atoms with Crippen molar-refractivity contribution in [2.75, 3.05) is 66.8 Å². The van der Waals surface area contributed by atoms with Crippen molar-refractivity contribution >= 4 is 5.96 Å². The van der Waals surface area contributed by atoms with E-state index in [1.54, 1.807) is 14.2 Å². The lowest BCUT2D eigenvalue weighted by Gasteiger charge is -2.26. The fraction of sp³-hybridized carbons (Fsp3) is 0.611. The average Bonchev–Trinajstić information content (AvgIpc) is 2.66. The van der Waals surface area contributed by atoms with Crippen LogP contribution in [0.25, 0.3) is 0 Å². The number of morpholine rings is 1. The van der Waals surface area contributed by atoms with E-state index in [4.69, 9.17) is 14.2 Å². The lowest BCUT2D eigenvalue weighted by molar-refractivity contribution is 0.0322. The number of ether oxygens (including phenoxy) is 3. The van der Waals surface area contributed by atoms with Crippen LogP contribution in [-0.4, -0.2) is 77.6 Å². The summed E-state index contributed by atoms with van der Waals surface area (Å²) < 4.78 is 16.4. The minimum atomic E-state index is 0.641. The van der Waals surface area contributed by atoms with Crippen molar-refractivity contribution in [3.8, 4) is 5.75 Å². The van der Waals surface area contributed by atoms with Gasteiger partial charge in [0.15, 0.2) is 5.96 Å². The predicted molar refractivity (Wildman–Crippen MR) is 99.3 cm³/mol. The molecule has 0 saturated carbocycles. The van der Waals surface area contributed by atoms with Crippen LogP contribution in [0.1, 0.15) is 5.56 Å². The molecule has 0 aromatic heterocycles. The number of benzene rings is 1. The highest BCUT2D eigenvalue weighted by atomic mass is 16.5. The van der Waals surface area contributed by atoms with Crippen molar-refractivity contribution in [2.45, 2.75) is 6.54 Å². The van der Waals surface area contributed by atoms with Crippen LogP contribution >= 0.6 is 0 Å². The summed E-state index contributed by atoms with van der Waals surface area (Å²) in [5.41, 5.74) is 1.11. The topological polar surface area (TPSA) is 67.4 Å². The molecule has 0 unspecified atom stereocenters. The largest absolute Gasteiger partial charge is 0.492 e. The molecule has 140 valence electrons. The van der Waals surface area contributed by atoms with Crippen LogP contribution in [0, 0.1) is 0 Å². The number of nitrogens with one attached hydrogen (secondary N) is 2. The van der Waals surface area contributed by atoms with Gasteiger partial charge < -0.3 is 24.8 Å². The summed E-state index contributed by atoms with van der Waals surface area (Å²) in [7, 11) is 3.44. The van der Waals surface area contributed by atoms with Gasteiger partial charge in [-0.05, 0) is 6.07 Å². The molecule has 2 rings (SSSR count). The molecule has 1 saturated heterocycles. The molecule has 0 amide bonds. The SMILES string of the molecule is CN=C(NCCOC)NCc1ccccc1OCCN1CCOCC1. The van der Waals surface area contributed by atoms with E-state index >= 15 is 0 Å². The lowest BCUT2D eigenvalue weighted by atomic mass is 10.2. The molecule has 0 aliphatic carbocycles. The van der Waals surface area contributed by atoms with Gasteiger partial charge in [-0.15, -0.1) is 0 Å². The van der Waals surface area contributed by atoms with Gasteiger partial charge in [-0.2, -0.15) is 0 Å². The van der Waals surface area contributed by atoms with Gasteiger partial charge in [0.25, 0.3) is 0 Å². The zero-order valence-corrected chi connectivity index (χ0v) is 15.3. The number of aliphatic imine (C=N–C) groups is 1. The second kappa shape index (κ2) is 11.7. The predicted octanol–water partition coefficient (Wildman–Crippen LogP) is 0.709. The molecule has 1 fully saturated rings. The minimum absolute atomic E-state index is 0.641. The van der Waals surface area contributed by atoms with E-state index in [2.05, 4.69) is 26.6 Å². The maximum absolute atomic E-state index is 6.00. The highest BCUT2D eigenvalue weighted by Crippen LogP contribution is 2.17. The standard InChI is InChI=1S/C18H30N4O3/c1-19-18(20-7-11-23-2)21-15-16-5-3-4-6-17(16)25-14-10-22-8-12-24-13-9-22/h3-6H,7-15H2,1-2H3,(H2,19,20,21). The van der Waals surface area contributed by atoms with Crippen LogP contribution in [0.2, 0.25) is 0 Å². The van der Waals surface area contributed by atoms with Gasteiger partial charge in [0, 0.05) is 52.4 Å². The van der Waals surface area contributed by atoms with Crippen molar-refractivity contribution in [3.63, 3.8) is 0 Å². The third-order valence-electron chi connectivity index (χ3n) is 4.01. The molecular formula is C18H30N4O3.